The van der Waals surface area contributed by atoms with Crippen LogP contribution in [0.25, 0.3) is 11.0 Å². The molecule has 6 nitrogen and oxygen atoms in total. The zero-order chi connectivity index (χ0) is 21.1. The zero-order valence-corrected chi connectivity index (χ0v) is 18.3. The van der Waals surface area contributed by atoms with Gasteiger partial charge in [0.1, 0.15) is 6.61 Å². The molecule has 30 heavy (non-hydrogen) atoms. The van der Waals surface area contributed by atoms with E-state index in [-0.39, 0.29) is 5.69 Å². The number of nitrogens with one attached hydrogen (secondary N) is 3. The van der Waals surface area contributed by atoms with Crippen molar-refractivity contribution < 1.29 is 9.47 Å². The van der Waals surface area contributed by atoms with E-state index in [1.807, 2.05) is 42.5 Å². The number of H-pyrrole nitrogens is 2. The van der Waals surface area contributed by atoms with Gasteiger partial charge >= 0.3 is 5.69 Å². The highest BCUT2D eigenvalue weighted by Crippen LogP contribution is 2.37. The number of benzene rings is 3. The first-order valence-electron chi connectivity index (χ1n) is 9.53. The summed E-state index contributed by atoms with van der Waals surface area (Å²) >= 11 is 3.64. The van der Waals surface area contributed by atoms with Gasteiger partial charge in [0.05, 0.1) is 18.1 Å². The fourth-order valence-electron chi connectivity index (χ4n) is 3.36. The molecule has 0 atom stereocenters. The predicted molar refractivity (Wildman–Crippen MR) is 122 cm³/mol. The Morgan fingerprint density at radius 2 is 1.87 bits per heavy atom. The Balaban J connectivity index is 1.58. The first-order chi connectivity index (χ1) is 14.5. The molecule has 0 aliphatic heterocycles. The van der Waals surface area contributed by atoms with E-state index in [1.54, 1.807) is 7.11 Å². The third-order valence-corrected chi connectivity index (χ3v) is 5.58. The summed E-state index contributed by atoms with van der Waals surface area (Å²) in [5.41, 5.74) is 5.43. The van der Waals surface area contributed by atoms with E-state index in [4.69, 9.17) is 9.47 Å². The van der Waals surface area contributed by atoms with Gasteiger partial charge < -0.3 is 24.8 Å². The van der Waals surface area contributed by atoms with Gasteiger partial charge in [0.2, 0.25) is 0 Å². The van der Waals surface area contributed by atoms with Gasteiger partial charge in [-0.15, -0.1) is 0 Å². The molecule has 0 fully saturated rings. The Kier molecular flexibility index (Phi) is 5.81. The smallest absolute Gasteiger partial charge is 0.323 e. The summed E-state index contributed by atoms with van der Waals surface area (Å²) in [5.74, 6) is 1.37. The van der Waals surface area contributed by atoms with Crippen LogP contribution in [0.4, 0.5) is 5.69 Å². The fourth-order valence-corrected chi connectivity index (χ4v) is 3.81. The number of imidazole rings is 1. The number of hydrogen-bond acceptors (Lipinski definition) is 4. The molecule has 0 spiro atoms. The average molecular weight is 468 g/mol. The summed E-state index contributed by atoms with van der Waals surface area (Å²) in [6.07, 6.45) is 0. The maximum Gasteiger partial charge on any atom is 0.323 e. The van der Waals surface area contributed by atoms with Gasteiger partial charge in [0.25, 0.3) is 0 Å². The van der Waals surface area contributed by atoms with Gasteiger partial charge in [0, 0.05) is 22.3 Å². The van der Waals surface area contributed by atoms with Crippen LogP contribution in [-0.4, -0.2) is 17.1 Å². The second kappa shape index (κ2) is 8.67. The van der Waals surface area contributed by atoms with Crippen LogP contribution >= 0.6 is 15.9 Å². The number of rotatable bonds is 7. The lowest BCUT2D eigenvalue weighted by Crippen LogP contribution is -2.06. The van der Waals surface area contributed by atoms with Gasteiger partial charge in [-0.2, -0.15) is 0 Å². The first kappa shape index (κ1) is 20.1. The molecule has 0 bridgehead atoms. The zero-order valence-electron chi connectivity index (χ0n) is 16.7. The molecule has 0 aliphatic carbocycles. The quantitative estimate of drug-likeness (QED) is 0.352. The first-order valence-corrected chi connectivity index (χ1v) is 10.3. The van der Waals surface area contributed by atoms with Crippen LogP contribution in [0, 0.1) is 6.92 Å². The molecule has 7 heteroatoms. The van der Waals surface area contributed by atoms with Gasteiger partial charge in [0.15, 0.2) is 11.5 Å². The molecular formula is C23H22BrN3O3. The van der Waals surface area contributed by atoms with E-state index in [0.29, 0.717) is 24.7 Å². The number of anilines is 1. The Labute approximate surface area is 182 Å². The van der Waals surface area contributed by atoms with Crippen molar-refractivity contribution in [2.24, 2.45) is 0 Å². The Morgan fingerprint density at radius 1 is 1.03 bits per heavy atom. The van der Waals surface area contributed by atoms with Crippen LogP contribution in [0.5, 0.6) is 11.5 Å². The molecule has 3 aromatic carbocycles. The molecule has 3 N–H and O–H groups in total. The van der Waals surface area contributed by atoms with E-state index in [9.17, 15) is 4.79 Å². The van der Waals surface area contributed by atoms with Crippen molar-refractivity contribution in [1.29, 1.82) is 0 Å². The van der Waals surface area contributed by atoms with Crippen LogP contribution in [0.3, 0.4) is 0 Å². The molecule has 4 rings (SSSR count). The predicted octanol–water partition coefficient (Wildman–Crippen LogP) is 5.13. The van der Waals surface area contributed by atoms with E-state index in [2.05, 4.69) is 50.3 Å². The van der Waals surface area contributed by atoms with E-state index >= 15 is 0 Å². The normalized spacial score (nSPS) is 10.9. The minimum absolute atomic E-state index is 0.218. The van der Waals surface area contributed by atoms with Gasteiger partial charge in [-0.1, -0.05) is 45.8 Å². The van der Waals surface area contributed by atoms with Crippen LogP contribution < -0.4 is 20.5 Å². The third kappa shape index (κ3) is 4.36. The monoisotopic (exact) mass is 467 g/mol. The van der Waals surface area contributed by atoms with Crippen molar-refractivity contribution in [3.05, 3.63) is 86.2 Å². The Bertz CT molecular complexity index is 1250. The second-order valence-corrected chi connectivity index (χ2v) is 7.88. The Hall–Kier alpha value is -3.19. The van der Waals surface area contributed by atoms with Crippen molar-refractivity contribution in [3.63, 3.8) is 0 Å². The number of aromatic amines is 2. The number of aromatic nitrogens is 2. The van der Waals surface area contributed by atoms with E-state index < -0.39 is 0 Å². The lowest BCUT2D eigenvalue weighted by Gasteiger charge is -2.18. The maximum absolute atomic E-state index is 11.5. The van der Waals surface area contributed by atoms with Gasteiger partial charge in [-0.25, -0.2) is 4.79 Å². The summed E-state index contributed by atoms with van der Waals surface area (Å²) in [6, 6.07) is 17.8. The van der Waals surface area contributed by atoms with Crippen LogP contribution in [-0.2, 0) is 13.2 Å². The average Bonchev–Trinajstić information content (AvgIpc) is 3.11. The highest BCUT2D eigenvalue weighted by molar-refractivity contribution is 9.10. The number of fused-ring (bicyclic) bond motifs is 1. The molecule has 0 radical (unpaired) electrons. The molecule has 0 saturated heterocycles. The molecular weight excluding hydrogens is 446 g/mol. The number of halogens is 1. The molecule has 0 unspecified atom stereocenters. The van der Waals surface area contributed by atoms with Crippen molar-refractivity contribution in [3.8, 4) is 11.5 Å². The third-order valence-electron chi connectivity index (χ3n) is 4.84. The van der Waals surface area contributed by atoms with Crippen molar-refractivity contribution >= 4 is 32.7 Å². The molecule has 154 valence electrons. The summed E-state index contributed by atoms with van der Waals surface area (Å²) < 4.78 is 12.7. The van der Waals surface area contributed by atoms with E-state index in [1.165, 1.54) is 5.56 Å². The van der Waals surface area contributed by atoms with Crippen molar-refractivity contribution in [2.45, 2.75) is 20.1 Å². The second-order valence-electron chi connectivity index (χ2n) is 7.03. The maximum atomic E-state index is 11.5. The summed E-state index contributed by atoms with van der Waals surface area (Å²) in [6.45, 7) is 3.02. The molecule has 0 aliphatic rings. The molecule has 4 aromatic rings. The van der Waals surface area contributed by atoms with E-state index in [0.717, 1.165) is 32.3 Å². The van der Waals surface area contributed by atoms with Gasteiger partial charge in [-0.05, 0) is 42.8 Å². The molecule has 0 saturated carbocycles. The molecule has 1 aromatic heterocycles. The summed E-state index contributed by atoms with van der Waals surface area (Å²) in [7, 11) is 1.64. The minimum Gasteiger partial charge on any atom is -0.493 e. The standard InChI is InChI=1S/C23H22BrN3O3/c1-14-4-3-5-15(10-14)13-30-22-17(18(24)7-9-21(22)29-2)12-25-16-6-8-19-20(11-16)27-23(28)26-19/h3-11,25H,12-13H2,1-2H3,(H2,26,27,28). The highest BCUT2D eigenvalue weighted by Gasteiger charge is 2.15. The van der Waals surface area contributed by atoms with Crippen molar-refractivity contribution in [1.82, 2.24) is 9.97 Å². The van der Waals surface area contributed by atoms with Crippen LogP contribution in [0.1, 0.15) is 16.7 Å². The molecule has 1 heterocycles. The number of methoxy groups -OCH3 is 1. The van der Waals surface area contributed by atoms with Crippen molar-refractivity contribution in [2.75, 3.05) is 12.4 Å². The minimum atomic E-state index is -0.218. The largest absolute Gasteiger partial charge is 0.493 e. The summed E-state index contributed by atoms with van der Waals surface area (Å²) in [5, 5.41) is 3.40. The number of ether oxygens (including phenoxy) is 2. The highest BCUT2D eigenvalue weighted by atomic mass is 79.9. The Morgan fingerprint density at radius 3 is 2.67 bits per heavy atom. The number of aryl methyl sites for hydroxylation is 1. The van der Waals surface area contributed by atoms with Crippen LogP contribution in [0.2, 0.25) is 0 Å². The van der Waals surface area contributed by atoms with Crippen LogP contribution in [0.15, 0.2) is 63.9 Å². The van der Waals surface area contributed by atoms with Gasteiger partial charge in [-0.3, -0.25) is 0 Å². The molecule has 0 amide bonds. The fraction of sp³-hybridized carbons (Fsp3) is 0.174. The lowest BCUT2D eigenvalue weighted by atomic mass is 10.1. The lowest BCUT2D eigenvalue weighted by molar-refractivity contribution is 0.281. The number of hydrogen-bond donors (Lipinski definition) is 3. The summed E-state index contributed by atoms with van der Waals surface area (Å²) in [4.78, 5) is 17.0. The topological polar surface area (TPSA) is 79.1 Å². The SMILES string of the molecule is COc1ccc(Br)c(CNc2ccc3[nH]c(=O)[nH]c3c2)c1OCc1cccc(C)c1.